The molecule has 20 nitrogen and oxygen atoms in total. The first-order valence-corrected chi connectivity index (χ1v) is 22.6. The van der Waals surface area contributed by atoms with Crippen LogP contribution in [0.3, 0.4) is 0 Å². The second-order valence-corrected chi connectivity index (χ2v) is 17.6. The van der Waals surface area contributed by atoms with E-state index in [1.54, 1.807) is 6.07 Å². The van der Waals surface area contributed by atoms with Gasteiger partial charge in [-0.3, -0.25) is 9.03 Å². The zero-order valence-electron chi connectivity index (χ0n) is 33.7. The summed E-state index contributed by atoms with van der Waals surface area (Å²) in [4.78, 5) is 18.0. The van der Waals surface area contributed by atoms with Gasteiger partial charge in [-0.25, -0.2) is 49.0 Å². The Kier molecular flexibility index (Phi) is 12.5. The van der Waals surface area contributed by atoms with Crippen LogP contribution in [0, 0.1) is 23.3 Å². The molecular weight excluding hydrogens is 899 g/mol. The molecule has 1 fully saturated rings. The van der Waals surface area contributed by atoms with Gasteiger partial charge in [0.1, 0.15) is 18.0 Å². The smallest absolute Gasteiger partial charge is 0.252 e. The van der Waals surface area contributed by atoms with Crippen LogP contribution in [0.5, 0.6) is 0 Å². The van der Waals surface area contributed by atoms with E-state index in [4.69, 9.17) is 4.74 Å². The third-order valence-corrected chi connectivity index (χ3v) is 11.9. The van der Waals surface area contributed by atoms with Crippen molar-refractivity contribution in [3.63, 3.8) is 0 Å². The average molecular weight is 934 g/mol. The van der Waals surface area contributed by atoms with Crippen LogP contribution in [0.4, 0.5) is 80.9 Å². The Labute approximate surface area is 367 Å². The lowest BCUT2D eigenvalue weighted by atomic mass is 10.2. The molecule has 5 N–H and O–H groups in total. The van der Waals surface area contributed by atoms with E-state index in [0.717, 1.165) is 24.7 Å². The highest BCUT2D eigenvalue weighted by Crippen LogP contribution is 2.34. The fraction of sp³-hybridized carbons (Fsp3) is 0.154. The zero-order valence-corrected chi connectivity index (χ0v) is 35.3. The molecule has 0 radical (unpaired) electrons. The predicted molar refractivity (Wildman–Crippen MR) is 233 cm³/mol. The van der Waals surface area contributed by atoms with Crippen LogP contribution in [0.15, 0.2) is 104 Å². The minimum Gasteiger partial charge on any atom is -0.378 e. The summed E-state index contributed by atoms with van der Waals surface area (Å²) in [7, 11) is -9.04. The molecule has 1 aliphatic rings. The molecule has 4 aromatic carbocycles. The van der Waals surface area contributed by atoms with Crippen LogP contribution >= 0.6 is 0 Å². The molecule has 1 aliphatic heterocycles. The Morgan fingerprint density at radius 1 is 0.662 bits per heavy atom. The van der Waals surface area contributed by atoms with E-state index in [1.807, 2.05) is 4.90 Å². The third-order valence-electron chi connectivity index (χ3n) is 9.43. The Bertz CT molecular complexity index is 3080. The summed E-state index contributed by atoms with van der Waals surface area (Å²) in [5.74, 6) is -5.79. The number of halogens is 4. The monoisotopic (exact) mass is 933 g/mol. The van der Waals surface area contributed by atoms with Crippen molar-refractivity contribution in [2.45, 2.75) is 0 Å². The molecule has 0 saturated carbocycles. The number of nitrogens with zero attached hydrogens (tertiary/aromatic N) is 10. The maximum atomic E-state index is 15.2. The van der Waals surface area contributed by atoms with Crippen molar-refractivity contribution >= 4 is 83.4 Å². The number of ether oxygens (including phenoxy) is 1. The summed E-state index contributed by atoms with van der Waals surface area (Å²) in [5.41, 5.74) is 0.474. The Morgan fingerprint density at radius 2 is 1.28 bits per heavy atom. The first-order valence-electron chi connectivity index (χ1n) is 19.1. The molecule has 0 bridgehead atoms. The lowest BCUT2D eigenvalue weighted by Crippen LogP contribution is -2.37. The minimum atomic E-state index is -4.64. The molecule has 0 amide bonds. The van der Waals surface area contributed by atoms with Crippen molar-refractivity contribution in [1.82, 2.24) is 40.1 Å². The van der Waals surface area contributed by atoms with E-state index in [-0.39, 0.29) is 46.0 Å². The van der Waals surface area contributed by atoms with Gasteiger partial charge in [0.05, 0.1) is 71.7 Å². The SMILES string of the molecule is CS(=O)(=O)N(CS(=O)(=O)Nc1ccccc1Nc1nc(Nc2ccc(N3CCOCC3)cc2F)ncc1F)c1ccccc1Nc1nc(Nc2cc(-n3cnnn3)ccc2F)ncc1F. The molecule has 3 aromatic heterocycles. The number of benzene rings is 4. The van der Waals surface area contributed by atoms with Crippen molar-refractivity contribution < 1.29 is 39.1 Å². The molecule has 0 atom stereocenters. The zero-order chi connectivity index (χ0) is 45.7. The molecule has 8 rings (SSSR count). The van der Waals surface area contributed by atoms with E-state index < -0.39 is 60.8 Å². The predicted octanol–water partition coefficient (Wildman–Crippen LogP) is 5.78. The lowest BCUT2D eigenvalue weighted by molar-refractivity contribution is 0.122. The molecule has 4 heterocycles. The van der Waals surface area contributed by atoms with Crippen LogP contribution in [0.1, 0.15) is 0 Å². The summed E-state index contributed by atoms with van der Waals surface area (Å²) >= 11 is 0. The second kappa shape index (κ2) is 18.6. The van der Waals surface area contributed by atoms with Crippen LogP contribution in [0.25, 0.3) is 5.69 Å². The number of aromatic nitrogens is 8. The fourth-order valence-corrected chi connectivity index (χ4v) is 9.08. The van der Waals surface area contributed by atoms with Gasteiger partial charge in [0, 0.05) is 18.8 Å². The Morgan fingerprint density at radius 3 is 1.92 bits per heavy atom. The van der Waals surface area contributed by atoms with Crippen molar-refractivity contribution in [1.29, 1.82) is 0 Å². The standard InChI is InChI=1S/C39H35F4N15O5S2/c1-64(59,60)58(35-9-5-4-8-33(35)48-37-29(43)21-45-39(52-37)50-34-19-25(10-12-26(34)40)57-22-46-54-55-57)23-65(61,62)53-32-7-3-2-6-31(32)47-36-28(42)20-44-38(51-36)49-30-13-11-24(18-27(30)41)56-14-16-63-17-15-56/h2-13,18-22,53H,14-17,23H2,1H3,(H2,44,47,49,51)(H2,45,48,50,52). The van der Waals surface area contributed by atoms with Gasteiger partial charge in [-0.05, 0) is 71.1 Å². The molecule has 0 spiro atoms. The fourth-order valence-electron chi connectivity index (χ4n) is 6.36. The topological polar surface area (TPSA) is 239 Å². The molecule has 26 heteroatoms. The number of rotatable bonds is 16. The van der Waals surface area contributed by atoms with Gasteiger partial charge in [0.15, 0.2) is 29.1 Å². The van der Waals surface area contributed by atoms with E-state index in [2.05, 4.69) is 61.5 Å². The molecule has 1 saturated heterocycles. The normalized spacial score (nSPS) is 13.0. The Balaban J connectivity index is 0.993. The summed E-state index contributed by atoms with van der Waals surface area (Å²) in [6.07, 6.45) is 3.68. The molecule has 0 aliphatic carbocycles. The number of tetrazole rings is 1. The number of nitrogens with one attached hydrogen (secondary N) is 5. The van der Waals surface area contributed by atoms with E-state index in [9.17, 15) is 21.2 Å². The molecule has 0 unspecified atom stereocenters. The van der Waals surface area contributed by atoms with Gasteiger partial charge in [-0.15, -0.1) is 5.10 Å². The first-order chi connectivity index (χ1) is 31.2. The largest absolute Gasteiger partial charge is 0.378 e. The van der Waals surface area contributed by atoms with E-state index in [1.165, 1.54) is 83.8 Å². The average Bonchev–Trinajstić information content (AvgIpc) is 3.83. The minimum absolute atomic E-state index is 0.000645. The highest BCUT2D eigenvalue weighted by Gasteiger charge is 2.28. The van der Waals surface area contributed by atoms with E-state index >= 15 is 13.2 Å². The number of hydrogen-bond acceptors (Lipinski definition) is 17. The van der Waals surface area contributed by atoms with Crippen LogP contribution in [-0.4, -0.2) is 95.4 Å². The number of sulfonamides is 2. The van der Waals surface area contributed by atoms with Crippen molar-refractivity contribution in [2.75, 3.05) is 73.6 Å². The van der Waals surface area contributed by atoms with Gasteiger partial charge in [-0.1, -0.05) is 24.3 Å². The van der Waals surface area contributed by atoms with Gasteiger partial charge in [0.25, 0.3) is 10.0 Å². The van der Waals surface area contributed by atoms with Crippen molar-refractivity contribution in [2.24, 2.45) is 0 Å². The summed E-state index contributed by atoms with van der Waals surface area (Å²) in [6, 6.07) is 19.7. The van der Waals surface area contributed by atoms with Crippen LogP contribution < -0.4 is 35.2 Å². The Hall–Kier alpha value is -7.71. The molecule has 336 valence electrons. The third kappa shape index (κ3) is 10.6. The maximum Gasteiger partial charge on any atom is 0.252 e. The first kappa shape index (κ1) is 43.9. The number of anilines is 11. The van der Waals surface area contributed by atoms with Gasteiger partial charge >= 0.3 is 0 Å². The summed E-state index contributed by atoms with van der Waals surface area (Å²) < 4.78 is 124. The number of hydrogen-bond donors (Lipinski definition) is 5. The highest BCUT2D eigenvalue weighted by atomic mass is 32.2. The quantitative estimate of drug-likeness (QED) is 0.0722. The summed E-state index contributed by atoms with van der Waals surface area (Å²) in [5, 5.41) is 21.6. The lowest BCUT2D eigenvalue weighted by Gasteiger charge is -2.29. The number of morpholine rings is 1. The van der Waals surface area contributed by atoms with Gasteiger partial charge < -0.3 is 30.9 Å². The second-order valence-electron chi connectivity index (χ2n) is 14.0. The molecular formula is C39H35F4N15O5S2. The van der Waals surface area contributed by atoms with Gasteiger partial charge in [-0.2, -0.15) is 9.97 Å². The van der Waals surface area contributed by atoms with Gasteiger partial charge in [0.2, 0.25) is 21.9 Å². The summed E-state index contributed by atoms with van der Waals surface area (Å²) in [6.45, 7) is 2.23. The maximum absolute atomic E-state index is 15.2. The van der Waals surface area contributed by atoms with Crippen molar-refractivity contribution in [3.05, 3.63) is 127 Å². The number of para-hydroxylation sites is 4. The van der Waals surface area contributed by atoms with Crippen LogP contribution in [0.2, 0.25) is 0 Å². The molecule has 7 aromatic rings. The van der Waals surface area contributed by atoms with Crippen molar-refractivity contribution in [3.8, 4) is 5.69 Å². The highest BCUT2D eigenvalue weighted by molar-refractivity contribution is 7.96. The molecule has 65 heavy (non-hydrogen) atoms. The van der Waals surface area contributed by atoms with Crippen LogP contribution in [-0.2, 0) is 24.8 Å². The van der Waals surface area contributed by atoms with E-state index in [0.29, 0.717) is 42.0 Å².